The summed E-state index contributed by atoms with van der Waals surface area (Å²) in [4.78, 5) is 27.3. The molecule has 0 saturated heterocycles. The Kier molecular flexibility index (Phi) is 2.32. The average molecular weight is 167 g/mol. The van der Waals surface area contributed by atoms with E-state index in [1.165, 1.54) is 12.4 Å². The summed E-state index contributed by atoms with van der Waals surface area (Å²) in [5.41, 5.74) is 0.230. The molecule has 62 valence electrons. The second kappa shape index (κ2) is 3.42. The number of aromatic nitrogens is 2. The fourth-order valence-corrected chi connectivity index (χ4v) is 0.587. The molecule has 0 aliphatic rings. The predicted octanol–water partition coefficient (Wildman–Crippen LogP) is 0.379. The van der Waals surface area contributed by atoms with E-state index in [0.29, 0.717) is 6.29 Å². The molecule has 0 fully saturated rings. The molecule has 0 saturated carbocycles. The lowest BCUT2D eigenvalue weighted by atomic mass is 10.5. The molecular formula is C6H5N3O3. The molecule has 0 spiro atoms. The van der Waals surface area contributed by atoms with Gasteiger partial charge in [0.25, 0.3) is 0 Å². The molecule has 0 aromatic carbocycles. The fourth-order valence-electron chi connectivity index (χ4n) is 0.587. The van der Waals surface area contributed by atoms with Crippen LogP contribution in [0.3, 0.4) is 0 Å². The minimum atomic E-state index is -1.20. The molecule has 1 heterocycles. The number of nitrogens with one attached hydrogen (secondary N) is 1. The van der Waals surface area contributed by atoms with Crippen molar-refractivity contribution < 1.29 is 14.7 Å². The number of anilines is 1. The standard InChI is InChI=1S/C6H5N3O3/c10-3-5-7-1-4(2-8-5)9-6(11)12/h1-3,9H,(H,11,12). The van der Waals surface area contributed by atoms with Crippen LogP contribution in [0.15, 0.2) is 12.4 Å². The van der Waals surface area contributed by atoms with Crippen molar-refractivity contribution >= 4 is 18.1 Å². The van der Waals surface area contributed by atoms with Crippen LogP contribution in [0.1, 0.15) is 10.6 Å². The van der Waals surface area contributed by atoms with Crippen molar-refractivity contribution in [3.8, 4) is 0 Å². The molecular weight excluding hydrogens is 162 g/mol. The SMILES string of the molecule is O=Cc1ncc(NC(=O)O)cn1. The van der Waals surface area contributed by atoms with E-state index in [-0.39, 0.29) is 11.5 Å². The van der Waals surface area contributed by atoms with E-state index in [4.69, 9.17) is 5.11 Å². The Morgan fingerprint density at radius 2 is 2.08 bits per heavy atom. The Labute approximate surface area is 67.3 Å². The van der Waals surface area contributed by atoms with Gasteiger partial charge in [0.15, 0.2) is 12.1 Å². The number of carbonyl (C=O) groups is 2. The summed E-state index contributed by atoms with van der Waals surface area (Å²) in [7, 11) is 0. The zero-order valence-electron chi connectivity index (χ0n) is 5.89. The van der Waals surface area contributed by atoms with Crippen LogP contribution in [-0.2, 0) is 0 Å². The predicted molar refractivity (Wildman–Crippen MR) is 39.1 cm³/mol. The van der Waals surface area contributed by atoms with E-state index >= 15 is 0 Å². The highest BCUT2D eigenvalue weighted by Gasteiger charge is 1.98. The maximum absolute atomic E-state index is 10.1. The van der Waals surface area contributed by atoms with Gasteiger partial charge in [-0.3, -0.25) is 10.1 Å². The third-order valence-electron chi connectivity index (χ3n) is 1.03. The number of amides is 1. The fraction of sp³-hybridized carbons (Fsp3) is 0. The zero-order valence-corrected chi connectivity index (χ0v) is 5.89. The van der Waals surface area contributed by atoms with Crippen LogP contribution >= 0.6 is 0 Å². The molecule has 2 N–H and O–H groups in total. The van der Waals surface area contributed by atoms with E-state index in [9.17, 15) is 9.59 Å². The summed E-state index contributed by atoms with van der Waals surface area (Å²) in [5, 5.41) is 10.3. The third-order valence-corrected chi connectivity index (χ3v) is 1.03. The summed E-state index contributed by atoms with van der Waals surface area (Å²) < 4.78 is 0. The number of nitrogens with zero attached hydrogens (tertiary/aromatic N) is 2. The minimum Gasteiger partial charge on any atom is -0.465 e. The van der Waals surface area contributed by atoms with Crippen molar-refractivity contribution in [1.82, 2.24) is 9.97 Å². The van der Waals surface area contributed by atoms with Crippen LogP contribution in [-0.4, -0.2) is 27.5 Å². The molecule has 0 aliphatic carbocycles. The van der Waals surface area contributed by atoms with Crippen molar-refractivity contribution in [2.45, 2.75) is 0 Å². The van der Waals surface area contributed by atoms with Gasteiger partial charge in [-0.1, -0.05) is 0 Å². The second-order valence-corrected chi connectivity index (χ2v) is 1.88. The van der Waals surface area contributed by atoms with Crippen LogP contribution < -0.4 is 5.32 Å². The van der Waals surface area contributed by atoms with E-state index in [1.807, 2.05) is 5.32 Å². The molecule has 1 amide bonds. The number of hydrogen-bond acceptors (Lipinski definition) is 4. The Balaban J connectivity index is 2.77. The lowest BCUT2D eigenvalue weighted by Gasteiger charge is -1.97. The highest BCUT2D eigenvalue weighted by atomic mass is 16.4. The number of aldehydes is 1. The smallest absolute Gasteiger partial charge is 0.409 e. The van der Waals surface area contributed by atoms with Gasteiger partial charge in [-0.15, -0.1) is 0 Å². The van der Waals surface area contributed by atoms with Gasteiger partial charge in [-0.05, 0) is 0 Å². The summed E-state index contributed by atoms with van der Waals surface area (Å²) in [6, 6.07) is 0. The van der Waals surface area contributed by atoms with Crippen molar-refractivity contribution in [3.05, 3.63) is 18.2 Å². The molecule has 0 radical (unpaired) electrons. The Morgan fingerprint density at radius 3 is 2.50 bits per heavy atom. The molecule has 1 aromatic heterocycles. The summed E-state index contributed by atoms with van der Waals surface area (Å²) in [6.07, 6.45) is 1.71. The molecule has 12 heavy (non-hydrogen) atoms. The van der Waals surface area contributed by atoms with Gasteiger partial charge < -0.3 is 5.11 Å². The Morgan fingerprint density at radius 1 is 1.50 bits per heavy atom. The molecule has 0 aliphatic heterocycles. The van der Waals surface area contributed by atoms with Gasteiger partial charge in [0, 0.05) is 0 Å². The third kappa shape index (κ3) is 2.01. The first kappa shape index (κ1) is 8.12. The van der Waals surface area contributed by atoms with Crippen LogP contribution in [0.4, 0.5) is 10.5 Å². The lowest BCUT2D eigenvalue weighted by molar-refractivity contribution is 0.111. The molecule has 0 unspecified atom stereocenters. The minimum absolute atomic E-state index is 0.0194. The lowest BCUT2D eigenvalue weighted by Crippen LogP contribution is -2.08. The first-order valence-electron chi connectivity index (χ1n) is 2.99. The molecule has 0 atom stereocenters. The van der Waals surface area contributed by atoms with Gasteiger partial charge in [0.05, 0.1) is 18.1 Å². The highest BCUT2D eigenvalue weighted by Crippen LogP contribution is 2.00. The summed E-state index contributed by atoms with van der Waals surface area (Å²) in [6.45, 7) is 0. The van der Waals surface area contributed by atoms with Crippen LogP contribution in [0.2, 0.25) is 0 Å². The Hall–Kier alpha value is -1.98. The van der Waals surface area contributed by atoms with Gasteiger partial charge in [0.1, 0.15) is 0 Å². The highest BCUT2D eigenvalue weighted by molar-refractivity contribution is 5.82. The first-order chi connectivity index (χ1) is 5.72. The number of hydrogen-bond donors (Lipinski definition) is 2. The monoisotopic (exact) mass is 167 g/mol. The normalized spacial score (nSPS) is 9.00. The molecule has 1 rings (SSSR count). The van der Waals surface area contributed by atoms with Gasteiger partial charge >= 0.3 is 6.09 Å². The topological polar surface area (TPSA) is 92.2 Å². The van der Waals surface area contributed by atoms with E-state index in [1.54, 1.807) is 0 Å². The number of carbonyl (C=O) groups excluding carboxylic acids is 1. The van der Waals surface area contributed by atoms with Gasteiger partial charge in [0.2, 0.25) is 0 Å². The van der Waals surface area contributed by atoms with Crippen LogP contribution in [0, 0.1) is 0 Å². The van der Waals surface area contributed by atoms with Crippen molar-refractivity contribution in [3.63, 3.8) is 0 Å². The number of rotatable bonds is 2. The Bertz CT molecular complexity index is 295. The van der Waals surface area contributed by atoms with E-state index in [0.717, 1.165) is 0 Å². The maximum Gasteiger partial charge on any atom is 0.409 e. The van der Waals surface area contributed by atoms with Crippen LogP contribution in [0.5, 0.6) is 0 Å². The average Bonchev–Trinajstić information content (AvgIpc) is 2.05. The van der Waals surface area contributed by atoms with Crippen molar-refractivity contribution in [1.29, 1.82) is 0 Å². The van der Waals surface area contributed by atoms with Crippen molar-refractivity contribution in [2.75, 3.05) is 5.32 Å². The van der Waals surface area contributed by atoms with Gasteiger partial charge in [-0.2, -0.15) is 0 Å². The molecule has 6 heteroatoms. The summed E-state index contributed by atoms with van der Waals surface area (Å²) >= 11 is 0. The van der Waals surface area contributed by atoms with Gasteiger partial charge in [-0.25, -0.2) is 14.8 Å². The van der Waals surface area contributed by atoms with E-state index in [2.05, 4.69) is 9.97 Å². The largest absolute Gasteiger partial charge is 0.465 e. The second-order valence-electron chi connectivity index (χ2n) is 1.88. The molecule has 0 bridgehead atoms. The quantitative estimate of drug-likeness (QED) is 0.621. The summed E-state index contributed by atoms with van der Waals surface area (Å²) in [5.74, 6) is 0.0194. The zero-order chi connectivity index (χ0) is 8.97. The van der Waals surface area contributed by atoms with Crippen molar-refractivity contribution in [2.24, 2.45) is 0 Å². The number of carboxylic acid groups (broad SMARTS) is 1. The molecule has 1 aromatic rings. The first-order valence-corrected chi connectivity index (χ1v) is 2.99. The van der Waals surface area contributed by atoms with E-state index < -0.39 is 6.09 Å². The molecule has 6 nitrogen and oxygen atoms in total. The maximum atomic E-state index is 10.1. The van der Waals surface area contributed by atoms with Crippen LogP contribution in [0.25, 0.3) is 0 Å².